The van der Waals surface area contributed by atoms with Crippen LogP contribution in [0.3, 0.4) is 0 Å². The van der Waals surface area contributed by atoms with Crippen LogP contribution in [0.2, 0.25) is 0 Å². The molecule has 1 fully saturated rings. The van der Waals surface area contributed by atoms with Gasteiger partial charge in [0, 0.05) is 6.04 Å². The van der Waals surface area contributed by atoms with Crippen LogP contribution in [0.1, 0.15) is 26.7 Å². The zero-order valence-corrected chi connectivity index (χ0v) is 10.6. The van der Waals surface area contributed by atoms with Gasteiger partial charge in [-0.15, -0.1) is 0 Å². The summed E-state index contributed by atoms with van der Waals surface area (Å²) in [7, 11) is 2.05. The first-order valence-corrected chi connectivity index (χ1v) is 6.01. The molecular weight excluding hydrogens is 204 g/mol. The van der Waals surface area contributed by atoms with Crippen LogP contribution in [0, 0.1) is 0 Å². The van der Waals surface area contributed by atoms with E-state index < -0.39 is 0 Å². The number of piperidine rings is 1. The van der Waals surface area contributed by atoms with Crippen molar-refractivity contribution in [3.8, 4) is 0 Å². The van der Waals surface area contributed by atoms with Crippen LogP contribution in [0.5, 0.6) is 0 Å². The monoisotopic (exact) mass is 228 g/mol. The molecule has 1 unspecified atom stereocenters. The third-order valence-corrected chi connectivity index (χ3v) is 3.73. The van der Waals surface area contributed by atoms with Crippen LogP contribution in [-0.4, -0.2) is 59.6 Å². The van der Waals surface area contributed by atoms with Gasteiger partial charge in [-0.2, -0.15) is 0 Å². The van der Waals surface area contributed by atoms with Gasteiger partial charge in [0.15, 0.2) is 5.84 Å². The van der Waals surface area contributed by atoms with E-state index in [0.29, 0.717) is 11.9 Å². The van der Waals surface area contributed by atoms with E-state index in [4.69, 9.17) is 10.9 Å². The zero-order valence-electron chi connectivity index (χ0n) is 10.6. The van der Waals surface area contributed by atoms with Crippen molar-refractivity contribution >= 4 is 5.84 Å². The zero-order chi connectivity index (χ0) is 12.1. The first kappa shape index (κ1) is 13.3. The highest BCUT2D eigenvalue weighted by atomic mass is 16.4. The molecule has 0 aromatic heterocycles. The number of nitrogens with zero attached hydrogens (tertiary/aromatic N) is 3. The predicted octanol–water partition coefficient (Wildman–Crippen LogP) is 0.537. The second-order valence-corrected chi connectivity index (χ2v) is 4.53. The Kier molecular flexibility index (Phi) is 5.02. The van der Waals surface area contributed by atoms with Crippen LogP contribution in [0.25, 0.3) is 0 Å². The summed E-state index contributed by atoms with van der Waals surface area (Å²) in [5.74, 6) is 0.292. The van der Waals surface area contributed by atoms with Crippen LogP contribution in [-0.2, 0) is 0 Å². The molecule has 0 saturated carbocycles. The molecule has 0 spiro atoms. The number of nitrogens with two attached hydrogens (primary N) is 1. The third kappa shape index (κ3) is 3.09. The molecule has 3 N–H and O–H groups in total. The smallest absolute Gasteiger partial charge is 0.156 e. The molecular formula is C11H24N4O. The summed E-state index contributed by atoms with van der Waals surface area (Å²) in [4.78, 5) is 4.67. The predicted molar refractivity (Wildman–Crippen MR) is 65.8 cm³/mol. The Morgan fingerprint density at radius 3 is 2.56 bits per heavy atom. The molecule has 0 radical (unpaired) electrons. The lowest BCUT2D eigenvalue weighted by atomic mass is 10.0. The van der Waals surface area contributed by atoms with E-state index in [1.165, 1.54) is 0 Å². The molecule has 94 valence electrons. The second-order valence-electron chi connectivity index (χ2n) is 4.53. The van der Waals surface area contributed by atoms with Gasteiger partial charge >= 0.3 is 0 Å². The van der Waals surface area contributed by atoms with Crippen LogP contribution < -0.4 is 5.73 Å². The Balaban J connectivity index is 2.47. The molecule has 0 bridgehead atoms. The second kappa shape index (κ2) is 6.06. The lowest BCUT2D eigenvalue weighted by Crippen LogP contribution is -2.50. The maximum absolute atomic E-state index is 8.66. The van der Waals surface area contributed by atoms with Gasteiger partial charge in [-0.05, 0) is 46.4 Å². The normalized spacial score (nSPS) is 22.6. The van der Waals surface area contributed by atoms with Crippen molar-refractivity contribution in [2.45, 2.75) is 38.8 Å². The van der Waals surface area contributed by atoms with E-state index in [1.54, 1.807) is 0 Å². The van der Waals surface area contributed by atoms with Gasteiger partial charge in [0.1, 0.15) is 0 Å². The number of likely N-dealkylation sites (N-methyl/N-ethyl adjacent to an activating group) is 1. The molecule has 0 amide bonds. The number of likely N-dealkylation sites (tertiary alicyclic amines) is 1. The van der Waals surface area contributed by atoms with Gasteiger partial charge in [0.05, 0.1) is 6.04 Å². The van der Waals surface area contributed by atoms with Crippen molar-refractivity contribution < 1.29 is 5.21 Å². The summed E-state index contributed by atoms with van der Waals surface area (Å²) in [5.41, 5.74) is 5.63. The Morgan fingerprint density at radius 1 is 1.56 bits per heavy atom. The highest BCUT2D eigenvalue weighted by molar-refractivity contribution is 5.84. The van der Waals surface area contributed by atoms with E-state index in [-0.39, 0.29) is 6.04 Å². The highest BCUT2D eigenvalue weighted by Crippen LogP contribution is 2.17. The Morgan fingerprint density at radius 2 is 2.12 bits per heavy atom. The minimum atomic E-state index is 0.00294. The van der Waals surface area contributed by atoms with Crippen molar-refractivity contribution in [3.63, 3.8) is 0 Å². The maximum atomic E-state index is 8.66. The van der Waals surface area contributed by atoms with E-state index in [2.05, 4.69) is 28.9 Å². The molecule has 5 nitrogen and oxygen atoms in total. The molecule has 1 saturated heterocycles. The summed E-state index contributed by atoms with van der Waals surface area (Å²) >= 11 is 0. The van der Waals surface area contributed by atoms with Gasteiger partial charge in [-0.3, -0.25) is 4.90 Å². The minimum absolute atomic E-state index is 0.00294. The number of hydrogen-bond acceptors (Lipinski definition) is 4. The van der Waals surface area contributed by atoms with Crippen molar-refractivity contribution in [3.05, 3.63) is 0 Å². The summed E-state index contributed by atoms with van der Waals surface area (Å²) in [5, 5.41) is 11.7. The molecule has 5 heteroatoms. The number of hydrogen-bond donors (Lipinski definition) is 2. The van der Waals surface area contributed by atoms with Crippen molar-refractivity contribution in [2.24, 2.45) is 10.9 Å². The standard InChI is InChI=1S/C11H24N4O/c1-4-15-7-5-10(6-8-15)14(3)9(2)11(12)13-16/h9-10,16H,4-8H2,1-3H3,(H2,12,13). The molecule has 16 heavy (non-hydrogen) atoms. The summed E-state index contributed by atoms with van der Waals surface area (Å²) in [6.45, 7) is 7.60. The van der Waals surface area contributed by atoms with E-state index >= 15 is 0 Å². The minimum Gasteiger partial charge on any atom is -0.409 e. The molecule has 0 aliphatic carbocycles. The average molecular weight is 228 g/mol. The molecule has 0 aromatic carbocycles. The number of rotatable bonds is 4. The van der Waals surface area contributed by atoms with E-state index in [1.807, 2.05) is 6.92 Å². The van der Waals surface area contributed by atoms with Crippen LogP contribution in [0.15, 0.2) is 5.16 Å². The van der Waals surface area contributed by atoms with Gasteiger partial charge in [0.2, 0.25) is 0 Å². The molecule has 1 heterocycles. The largest absolute Gasteiger partial charge is 0.409 e. The van der Waals surface area contributed by atoms with Crippen molar-refractivity contribution in [1.29, 1.82) is 0 Å². The van der Waals surface area contributed by atoms with E-state index in [9.17, 15) is 0 Å². The lowest BCUT2D eigenvalue weighted by molar-refractivity contribution is 0.121. The Hall–Kier alpha value is -0.810. The van der Waals surface area contributed by atoms with Crippen LogP contribution >= 0.6 is 0 Å². The fourth-order valence-electron chi connectivity index (χ4n) is 2.25. The van der Waals surface area contributed by atoms with Crippen LogP contribution in [0.4, 0.5) is 0 Å². The first-order chi connectivity index (χ1) is 7.60. The molecule has 1 aliphatic rings. The molecule has 0 aromatic rings. The topological polar surface area (TPSA) is 65.1 Å². The number of oxime groups is 1. The quantitative estimate of drug-likeness (QED) is 0.319. The molecule has 1 atom stereocenters. The Labute approximate surface area is 97.9 Å². The lowest BCUT2D eigenvalue weighted by Gasteiger charge is -2.38. The fourth-order valence-corrected chi connectivity index (χ4v) is 2.25. The molecule has 1 aliphatic heterocycles. The van der Waals surface area contributed by atoms with Gasteiger partial charge in [0.25, 0.3) is 0 Å². The first-order valence-electron chi connectivity index (χ1n) is 6.01. The fraction of sp³-hybridized carbons (Fsp3) is 0.909. The van der Waals surface area contributed by atoms with Crippen molar-refractivity contribution in [1.82, 2.24) is 9.80 Å². The van der Waals surface area contributed by atoms with Gasteiger partial charge in [-0.25, -0.2) is 0 Å². The highest BCUT2D eigenvalue weighted by Gasteiger charge is 2.26. The molecule has 1 rings (SSSR count). The van der Waals surface area contributed by atoms with Gasteiger partial charge in [-0.1, -0.05) is 12.1 Å². The SMILES string of the molecule is CCN1CCC(N(C)C(C)C(N)=NO)CC1. The summed E-state index contributed by atoms with van der Waals surface area (Å²) in [6, 6.07) is 0.543. The van der Waals surface area contributed by atoms with Crippen molar-refractivity contribution in [2.75, 3.05) is 26.7 Å². The maximum Gasteiger partial charge on any atom is 0.156 e. The summed E-state index contributed by atoms with van der Waals surface area (Å²) < 4.78 is 0. The Bertz CT molecular complexity index is 236. The van der Waals surface area contributed by atoms with E-state index in [0.717, 1.165) is 32.5 Å². The summed E-state index contributed by atoms with van der Waals surface area (Å²) in [6.07, 6.45) is 2.32. The average Bonchev–Trinajstić information content (AvgIpc) is 2.36. The van der Waals surface area contributed by atoms with Gasteiger partial charge < -0.3 is 15.8 Å². The third-order valence-electron chi connectivity index (χ3n) is 3.73. The number of amidine groups is 1.